The van der Waals surface area contributed by atoms with Gasteiger partial charge in [-0.25, -0.2) is 13.1 Å². The highest BCUT2D eigenvalue weighted by Gasteiger charge is 2.28. The minimum Gasteiger partial charge on any atom is -0.340 e. The molecule has 1 aromatic heterocycles. The fourth-order valence-corrected chi connectivity index (χ4v) is 3.16. The Morgan fingerprint density at radius 3 is 2.76 bits per heavy atom. The van der Waals surface area contributed by atoms with Gasteiger partial charge in [0, 0.05) is 31.7 Å². The number of amides is 1. The molecule has 1 aromatic rings. The maximum absolute atomic E-state index is 12.1. The normalized spacial score (nSPS) is 19.2. The minimum atomic E-state index is -3.23. The van der Waals surface area contributed by atoms with E-state index in [0.717, 1.165) is 24.1 Å². The van der Waals surface area contributed by atoms with E-state index in [0.29, 0.717) is 13.1 Å². The van der Waals surface area contributed by atoms with Crippen molar-refractivity contribution in [2.45, 2.75) is 32.7 Å². The second kappa shape index (κ2) is 6.15. The molecule has 0 bridgehead atoms. The van der Waals surface area contributed by atoms with Gasteiger partial charge in [-0.05, 0) is 26.3 Å². The summed E-state index contributed by atoms with van der Waals surface area (Å²) in [5.41, 5.74) is 2.08. The van der Waals surface area contributed by atoms with E-state index >= 15 is 0 Å². The number of nitrogens with one attached hydrogen (secondary N) is 1. The molecule has 118 valence electrons. The largest absolute Gasteiger partial charge is 0.340 e. The van der Waals surface area contributed by atoms with Gasteiger partial charge < -0.3 is 4.90 Å². The van der Waals surface area contributed by atoms with E-state index in [2.05, 4.69) is 9.82 Å². The van der Waals surface area contributed by atoms with Crippen LogP contribution < -0.4 is 4.72 Å². The van der Waals surface area contributed by atoms with E-state index in [9.17, 15) is 13.2 Å². The number of carbonyl (C=O) groups excluding carboxylic acids is 1. The van der Waals surface area contributed by atoms with Crippen LogP contribution in [0.1, 0.15) is 30.3 Å². The molecule has 1 fully saturated rings. The van der Waals surface area contributed by atoms with Gasteiger partial charge in [-0.3, -0.25) is 9.48 Å². The fourth-order valence-electron chi connectivity index (χ4n) is 2.69. The van der Waals surface area contributed by atoms with Crippen LogP contribution in [0.2, 0.25) is 0 Å². The quantitative estimate of drug-likeness (QED) is 0.842. The Hall–Kier alpha value is -1.41. The summed E-state index contributed by atoms with van der Waals surface area (Å²) in [6.07, 6.45) is 2.16. The molecule has 0 radical (unpaired) electrons. The first-order chi connectivity index (χ1) is 9.76. The molecule has 0 saturated carbocycles. The number of sulfonamides is 1. The Kier molecular flexibility index (Phi) is 4.67. The molecule has 1 amide bonds. The van der Waals surface area contributed by atoms with E-state index in [1.165, 1.54) is 0 Å². The van der Waals surface area contributed by atoms with Crippen molar-refractivity contribution in [2.24, 2.45) is 0 Å². The van der Waals surface area contributed by atoms with Gasteiger partial charge in [0.1, 0.15) is 0 Å². The summed E-state index contributed by atoms with van der Waals surface area (Å²) in [7, 11) is -3.23. The van der Waals surface area contributed by atoms with Crippen LogP contribution in [-0.2, 0) is 14.8 Å². The van der Waals surface area contributed by atoms with E-state index in [1.807, 2.05) is 24.6 Å². The zero-order valence-corrected chi connectivity index (χ0v) is 13.5. The highest BCUT2D eigenvalue weighted by atomic mass is 32.2. The molecule has 2 heterocycles. The standard InChI is InChI=1S/C13H22N4O3S/c1-10-8-11(2)17(15-10)12-5-7-16(9-12)13(18)4-6-14-21(3,19)20/h8,12,14H,4-7,9H2,1-3H3. The molecule has 1 aliphatic heterocycles. The first-order valence-electron chi connectivity index (χ1n) is 7.01. The predicted molar refractivity (Wildman–Crippen MR) is 79.4 cm³/mol. The van der Waals surface area contributed by atoms with Gasteiger partial charge in [0.25, 0.3) is 0 Å². The highest BCUT2D eigenvalue weighted by Crippen LogP contribution is 2.23. The molecule has 1 unspecified atom stereocenters. The summed E-state index contributed by atoms with van der Waals surface area (Å²) in [6, 6.07) is 2.24. The maximum Gasteiger partial charge on any atom is 0.223 e. The number of hydrogen-bond donors (Lipinski definition) is 1. The number of hydrogen-bond acceptors (Lipinski definition) is 4. The molecule has 1 atom stereocenters. The molecule has 21 heavy (non-hydrogen) atoms. The summed E-state index contributed by atoms with van der Waals surface area (Å²) in [5, 5.41) is 4.47. The lowest BCUT2D eigenvalue weighted by molar-refractivity contribution is -0.130. The van der Waals surface area contributed by atoms with Gasteiger partial charge in [0.15, 0.2) is 0 Å². The predicted octanol–water partition coefficient (Wildman–Crippen LogP) is 0.213. The Balaban J connectivity index is 1.87. The number of likely N-dealkylation sites (tertiary alicyclic amines) is 1. The van der Waals surface area contributed by atoms with Crippen LogP contribution in [0, 0.1) is 13.8 Å². The van der Waals surface area contributed by atoms with Crippen LogP contribution in [0.5, 0.6) is 0 Å². The average molecular weight is 314 g/mol. The highest BCUT2D eigenvalue weighted by molar-refractivity contribution is 7.88. The van der Waals surface area contributed by atoms with Gasteiger partial charge in [0.2, 0.25) is 15.9 Å². The van der Waals surface area contributed by atoms with E-state index in [4.69, 9.17) is 0 Å². The van der Waals surface area contributed by atoms with Crippen molar-refractivity contribution in [3.8, 4) is 0 Å². The van der Waals surface area contributed by atoms with Crippen molar-refractivity contribution < 1.29 is 13.2 Å². The molecule has 1 aliphatic rings. The zero-order chi connectivity index (χ0) is 15.6. The van der Waals surface area contributed by atoms with Gasteiger partial charge >= 0.3 is 0 Å². The fraction of sp³-hybridized carbons (Fsp3) is 0.692. The Morgan fingerprint density at radius 1 is 1.48 bits per heavy atom. The Bertz CT molecular complexity index is 623. The molecule has 0 aromatic carbocycles. The second-order valence-electron chi connectivity index (χ2n) is 5.57. The summed E-state index contributed by atoms with van der Waals surface area (Å²) in [6.45, 7) is 5.46. The number of carbonyl (C=O) groups is 1. The summed E-state index contributed by atoms with van der Waals surface area (Å²) in [5.74, 6) is -0.0184. The van der Waals surface area contributed by atoms with Crippen LogP contribution in [-0.4, -0.2) is 54.9 Å². The number of rotatable bonds is 5. The molecule has 1 saturated heterocycles. The summed E-state index contributed by atoms with van der Waals surface area (Å²) < 4.78 is 26.2. The third-order valence-corrected chi connectivity index (χ3v) is 4.34. The van der Waals surface area contributed by atoms with E-state index in [-0.39, 0.29) is 24.9 Å². The first-order valence-corrected chi connectivity index (χ1v) is 8.90. The topological polar surface area (TPSA) is 84.3 Å². The first kappa shape index (κ1) is 16.0. The van der Waals surface area contributed by atoms with Crippen molar-refractivity contribution in [1.82, 2.24) is 19.4 Å². The minimum absolute atomic E-state index is 0.0184. The number of aryl methyl sites for hydroxylation is 2. The molecule has 8 heteroatoms. The average Bonchev–Trinajstić information content (AvgIpc) is 2.94. The molecule has 1 N–H and O–H groups in total. The molecule has 0 spiro atoms. The summed E-state index contributed by atoms with van der Waals surface area (Å²) >= 11 is 0. The van der Waals surface area contributed by atoms with Crippen LogP contribution in [0.25, 0.3) is 0 Å². The molecular weight excluding hydrogens is 292 g/mol. The van der Waals surface area contributed by atoms with Crippen molar-refractivity contribution in [3.05, 3.63) is 17.5 Å². The molecule has 0 aliphatic carbocycles. The number of aromatic nitrogens is 2. The SMILES string of the molecule is Cc1cc(C)n(C2CCN(C(=O)CCNS(C)(=O)=O)C2)n1. The van der Waals surface area contributed by atoms with Gasteiger partial charge in [-0.1, -0.05) is 0 Å². The lowest BCUT2D eigenvalue weighted by Gasteiger charge is -2.17. The Morgan fingerprint density at radius 2 is 2.19 bits per heavy atom. The lowest BCUT2D eigenvalue weighted by Crippen LogP contribution is -2.33. The molecule has 7 nitrogen and oxygen atoms in total. The second-order valence-corrected chi connectivity index (χ2v) is 7.40. The molecule has 2 rings (SSSR count). The smallest absolute Gasteiger partial charge is 0.223 e. The third-order valence-electron chi connectivity index (χ3n) is 3.61. The monoisotopic (exact) mass is 314 g/mol. The van der Waals surface area contributed by atoms with Gasteiger partial charge in [-0.15, -0.1) is 0 Å². The zero-order valence-electron chi connectivity index (χ0n) is 12.7. The van der Waals surface area contributed by atoms with Crippen LogP contribution in [0.4, 0.5) is 0 Å². The third kappa shape index (κ3) is 4.28. The molecular formula is C13H22N4O3S. The maximum atomic E-state index is 12.1. The van der Waals surface area contributed by atoms with Crippen molar-refractivity contribution in [3.63, 3.8) is 0 Å². The number of nitrogens with zero attached hydrogens (tertiary/aromatic N) is 3. The van der Waals surface area contributed by atoms with Crippen LogP contribution in [0.3, 0.4) is 0 Å². The van der Waals surface area contributed by atoms with Crippen LogP contribution >= 0.6 is 0 Å². The van der Waals surface area contributed by atoms with Gasteiger partial charge in [0.05, 0.1) is 18.0 Å². The van der Waals surface area contributed by atoms with Crippen molar-refractivity contribution in [1.29, 1.82) is 0 Å². The van der Waals surface area contributed by atoms with Crippen molar-refractivity contribution >= 4 is 15.9 Å². The van der Waals surface area contributed by atoms with Gasteiger partial charge in [-0.2, -0.15) is 5.10 Å². The summed E-state index contributed by atoms with van der Waals surface area (Å²) in [4.78, 5) is 13.8. The Labute approximate surface area is 125 Å². The van der Waals surface area contributed by atoms with Crippen molar-refractivity contribution in [2.75, 3.05) is 25.9 Å². The lowest BCUT2D eigenvalue weighted by atomic mass is 10.2. The van der Waals surface area contributed by atoms with Crippen LogP contribution in [0.15, 0.2) is 6.07 Å². The van der Waals surface area contributed by atoms with E-state index in [1.54, 1.807) is 4.90 Å². The van der Waals surface area contributed by atoms with E-state index < -0.39 is 10.0 Å².